The smallest absolute Gasteiger partial charge is 0.254 e. The van der Waals surface area contributed by atoms with Gasteiger partial charge in [0.25, 0.3) is 5.91 Å². The van der Waals surface area contributed by atoms with Crippen molar-refractivity contribution in [2.45, 2.75) is 32.7 Å². The Balaban J connectivity index is 1.53. The van der Waals surface area contributed by atoms with E-state index in [9.17, 15) is 9.59 Å². The van der Waals surface area contributed by atoms with Crippen LogP contribution in [0.4, 0.5) is 0 Å². The molecule has 184 valence electrons. The highest BCUT2D eigenvalue weighted by atomic mass is 32.1. The molecule has 0 spiro atoms. The van der Waals surface area contributed by atoms with Gasteiger partial charge in [-0.1, -0.05) is 36.8 Å². The molecule has 2 heterocycles. The van der Waals surface area contributed by atoms with E-state index >= 15 is 0 Å². The fraction of sp³-hybridized carbons (Fsp3) is 0.357. The number of thiophene rings is 1. The Hall–Kier alpha value is -3.32. The van der Waals surface area contributed by atoms with Gasteiger partial charge in [0.2, 0.25) is 5.91 Å². The number of aryl methyl sites for hydroxylation is 1. The maximum atomic E-state index is 13.6. The molecule has 1 aliphatic heterocycles. The molecule has 0 bridgehead atoms. The summed E-state index contributed by atoms with van der Waals surface area (Å²) >= 11 is 1.71. The van der Waals surface area contributed by atoms with Gasteiger partial charge in [0, 0.05) is 23.5 Å². The van der Waals surface area contributed by atoms with E-state index in [1.807, 2.05) is 67.3 Å². The zero-order valence-electron chi connectivity index (χ0n) is 20.5. The lowest BCUT2D eigenvalue weighted by atomic mass is 10.00. The van der Waals surface area contributed by atoms with Crippen molar-refractivity contribution < 1.29 is 19.1 Å². The summed E-state index contributed by atoms with van der Waals surface area (Å²) in [5, 5.41) is 2.07. The van der Waals surface area contributed by atoms with Gasteiger partial charge in [-0.2, -0.15) is 0 Å². The van der Waals surface area contributed by atoms with E-state index < -0.39 is 0 Å². The van der Waals surface area contributed by atoms with E-state index in [1.165, 1.54) is 4.88 Å². The number of carbonyl (C=O) groups is 2. The van der Waals surface area contributed by atoms with Gasteiger partial charge in [-0.3, -0.25) is 9.59 Å². The monoisotopic (exact) mass is 492 g/mol. The zero-order valence-corrected chi connectivity index (χ0v) is 21.3. The van der Waals surface area contributed by atoms with E-state index in [4.69, 9.17) is 9.47 Å². The van der Waals surface area contributed by atoms with Crippen LogP contribution in [0.25, 0.3) is 0 Å². The molecule has 1 atom stereocenters. The molecule has 6 nitrogen and oxygen atoms in total. The van der Waals surface area contributed by atoms with E-state index in [2.05, 4.69) is 11.4 Å². The largest absolute Gasteiger partial charge is 0.493 e. The second kappa shape index (κ2) is 11.4. The van der Waals surface area contributed by atoms with Crippen molar-refractivity contribution in [3.63, 3.8) is 0 Å². The molecular formula is C28H32N2O4S. The summed E-state index contributed by atoms with van der Waals surface area (Å²) in [7, 11) is 1.61. The van der Waals surface area contributed by atoms with Crippen LogP contribution in [0, 0.1) is 6.92 Å². The predicted molar refractivity (Wildman–Crippen MR) is 138 cm³/mol. The summed E-state index contributed by atoms with van der Waals surface area (Å²) < 4.78 is 11.6. The number of ether oxygens (including phenoxy) is 2. The molecule has 0 aliphatic carbocycles. The first-order chi connectivity index (χ1) is 17.0. The lowest BCUT2D eigenvalue weighted by Gasteiger charge is -2.37. The van der Waals surface area contributed by atoms with E-state index in [1.54, 1.807) is 23.3 Å². The van der Waals surface area contributed by atoms with Gasteiger partial charge in [0.1, 0.15) is 13.2 Å². The fourth-order valence-corrected chi connectivity index (χ4v) is 5.36. The standard InChI is InChI=1S/C28H32N2O4S/c1-4-15-29(28(32)21-11-9-20(2)10-12-21)18-27(31)30-16-13-26-22(14-17-35-26)23(30)19-34-25-8-6-5-7-24(25)33-3/h5-12,14,17,23H,4,13,15-16,18-19H2,1-3H3/t23-/m1/s1. The van der Waals surface area contributed by atoms with E-state index in [-0.39, 0.29) is 24.4 Å². The number of nitrogens with zero attached hydrogens (tertiary/aromatic N) is 2. The minimum absolute atomic E-state index is 0.0468. The number of carbonyl (C=O) groups excluding carboxylic acids is 2. The molecule has 0 radical (unpaired) electrons. The Labute approximate surface area is 211 Å². The molecule has 2 amide bonds. The molecule has 35 heavy (non-hydrogen) atoms. The van der Waals surface area contributed by atoms with Gasteiger partial charge >= 0.3 is 0 Å². The molecule has 1 aliphatic rings. The highest BCUT2D eigenvalue weighted by Gasteiger charge is 2.33. The van der Waals surface area contributed by atoms with E-state index in [0.29, 0.717) is 36.8 Å². The van der Waals surface area contributed by atoms with Gasteiger partial charge in [-0.25, -0.2) is 0 Å². The van der Waals surface area contributed by atoms with Crippen molar-refractivity contribution in [2.24, 2.45) is 0 Å². The number of amides is 2. The SMILES string of the molecule is CCCN(CC(=O)N1CCc2sccc2[C@H]1COc1ccccc1OC)C(=O)c1ccc(C)cc1. The highest BCUT2D eigenvalue weighted by molar-refractivity contribution is 7.10. The topological polar surface area (TPSA) is 59.1 Å². The van der Waals surface area contributed by atoms with Gasteiger partial charge in [0.15, 0.2) is 11.5 Å². The second-order valence-corrected chi connectivity index (χ2v) is 9.71. The summed E-state index contributed by atoms with van der Waals surface area (Å²) in [5.41, 5.74) is 2.82. The minimum atomic E-state index is -0.222. The first-order valence-electron chi connectivity index (χ1n) is 12.0. The van der Waals surface area contributed by atoms with Crippen LogP contribution in [-0.2, 0) is 11.2 Å². The van der Waals surface area contributed by atoms with Gasteiger partial charge in [0.05, 0.1) is 13.2 Å². The maximum absolute atomic E-state index is 13.6. The van der Waals surface area contributed by atoms with Crippen LogP contribution >= 0.6 is 11.3 Å². The van der Waals surface area contributed by atoms with Crippen molar-refractivity contribution in [3.05, 3.63) is 81.5 Å². The number of fused-ring (bicyclic) bond motifs is 1. The molecule has 0 fully saturated rings. The second-order valence-electron chi connectivity index (χ2n) is 8.71. The molecular weight excluding hydrogens is 460 g/mol. The quantitative estimate of drug-likeness (QED) is 0.416. The van der Waals surface area contributed by atoms with Crippen LogP contribution in [0.5, 0.6) is 11.5 Å². The highest BCUT2D eigenvalue weighted by Crippen LogP contribution is 2.35. The molecule has 7 heteroatoms. The third-order valence-corrected chi connectivity index (χ3v) is 7.28. The summed E-state index contributed by atoms with van der Waals surface area (Å²) in [6, 6.07) is 16.9. The number of para-hydroxylation sites is 2. The van der Waals surface area contributed by atoms with Crippen molar-refractivity contribution in [3.8, 4) is 11.5 Å². The van der Waals surface area contributed by atoms with Crippen molar-refractivity contribution in [2.75, 3.05) is 33.4 Å². The normalized spacial score (nSPS) is 14.8. The van der Waals surface area contributed by atoms with Gasteiger partial charge in [-0.05, 0) is 61.0 Å². The van der Waals surface area contributed by atoms with Crippen LogP contribution in [0.3, 0.4) is 0 Å². The molecule has 2 aromatic carbocycles. The summed E-state index contributed by atoms with van der Waals surface area (Å²) in [6.45, 7) is 5.50. The number of benzene rings is 2. The van der Waals surface area contributed by atoms with Crippen LogP contribution in [0.15, 0.2) is 60.0 Å². The average Bonchev–Trinajstić information content (AvgIpc) is 3.36. The van der Waals surface area contributed by atoms with Crippen LogP contribution in [-0.4, -0.2) is 55.0 Å². The lowest BCUT2D eigenvalue weighted by Crippen LogP contribution is -2.48. The third-order valence-electron chi connectivity index (χ3n) is 6.29. The van der Waals surface area contributed by atoms with Crippen LogP contribution in [0.1, 0.15) is 45.7 Å². The Morgan fingerprint density at radius 2 is 1.83 bits per heavy atom. The van der Waals surface area contributed by atoms with Gasteiger partial charge < -0.3 is 19.3 Å². The van der Waals surface area contributed by atoms with Crippen molar-refractivity contribution >= 4 is 23.2 Å². The average molecular weight is 493 g/mol. The van der Waals surface area contributed by atoms with Crippen LogP contribution in [0.2, 0.25) is 0 Å². The molecule has 0 unspecified atom stereocenters. The lowest BCUT2D eigenvalue weighted by molar-refractivity contribution is -0.135. The first kappa shape index (κ1) is 24.8. The van der Waals surface area contributed by atoms with Gasteiger partial charge in [-0.15, -0.1) is 11.3 Å². The summed E-state index contributed by atoms with van der Waals surface area (Å²) in [6.07, 6.45) is 1.59. The third kappa shape index (κ3) is 5.68. The van der Waals surface area contributed by atoms with Crippen molar-refractivity contribution in [1.29, 1.82) is 0 Å². The summed E-state index contributed by atoms with van der Waals surface area (Å²) in [4.78, 5) is 31.6. The molecule has 1 aromatic heterocycles. The zero-order chi connectivity index (χ0) is 24.8. The number of hydrogen-bond donors (Lipinski definition) is 0. The Bertz CT molecular complexity index is 1160. The Morgan fingerprint density at radius 1 is 1.09 bits per heavy atom. The fourth-order valence-electron chi connectivity index (χ4n) is 4.44. The number of hydrogen-bond acceptors (Lipinski definition) is 5. The Kier molecular flexibility index (Phi) is 8.08. The van der Waals surface area contributed by atoms with E-state index in [0.717, 1.165) is 24.0 Å². The van der Waals surface area contributed by atoms with Crippen LogP contribution < -0.4 is 9.47 Å². The molecule has 0 saturated heterocycles. The molecule has 0 N–H and O–H groups in total. The molecule has 3 aromatic rings. The molecule has 4 rings (SSSR count). The predicted octanol–water partition coefficient (Wildman–Crippen LogP) is 5.12. The Morgan fingerprint density at radius 3 is 2.54 bits per heavy atom. The molecule has 0 saturated carbocycles. The number of methoxy groups -OCH3 is 1. The first-order valence-corrected chi connectivity index (χ1v) is 12.9. The van der Waals surface area contributed by atoms with Crippen molar-refractivity contribution in [1.82, 2.24) is 9.80 Å². The summed E-state index contributed by atoms with van der Waals surface area (Å²) in [5.74, 6) is 1.12. The minimum Gasteiger partial charge on any atom is -0.493 e. The number of rotatable bonds is 9. The maximum Gasteiger partial charge on any atom is 0.254 e.